The van der Waals surface area contributed by atoms with Crippen LogP contribution in [0.15, 0.2) is 42.5 Å². The molecule has 2 aromatic carbocycles. The maximum absolute atomic E-state index is 13.8. The Morgan fingerprint density at radius 2 is 1.73 bits per heavy atom. The van der Waals surface area contributed by atoms with Gasteiger partial charge in [-0.1, -0.05) is 29.8 Å². The van der Waals surface area contributed by atoms with Gasteiger partial charge in [0.15, 0.2) is 0 Å². The molecule has 4 nitrogen and oxygen atoms in total. The van der Waals surface area contributed by atoms with Crippen molar-refractivity contribution in [1.82, 2.24) is 10.2 Å². The highest BCUT2D eigenvalue weighted by Gasteiger charge is 2.18. The molecule has 6 heteroatoms. The van der Waals surface area contributed by atoms with Crippen molar-refractivity contribution in [3.05, 3.63) is 70.0 Å². The lowest BCUT2D eigenvalue weighted by Crippen LogP contribution is -2.35. The minimum Gasteiger partial charge on any atom is -0.348 e. The van der Waals surface area contributed by atoms with Crippen LogP contribution in [0.5, 0.6) is 0 Å². The van der Waals surface area contributed by atoms with Gasteiger partial charge in [0.05, 0.1) is 10.6 Å². The number of amides is 2. The molecule has 0 unspecified atom stereocenters. The molecule has 0 spiro atoms. The minimum atomic E-state index is -0.655. The maximum atomic E-state index is 13.8. The monoisotopic (exact) mass is 374 g/mol. The number of hydrogen-bond acceptors (Lipinski definition) is 2. The van der Waals surface area contributed by atoms with E-state index < -0.39 is 11.7 Å². The Morgan fingerprint density at radius 3 is 2.38 bits per heavy atom. The van der Waals surface area contributed by atoms with Crippen LogP contribution < -0.4 is 5.32 Å². The lowest BCUT2D eigenvalue weighted by Gasteiger charge is -2.26. The molecule has 0 aromatic heterocycles. The number of carbonyl (C=O) groups excluding carboxylic acids is 2. The summed E-state index contributed by atoms with van der Waals surface area (Å²) in [6.45, 7) is 1.84. The van der Waals surface area contributed by atoms with Gasteiger partial charge < -0.3 is 10.2 Å². The first kappa shape index (κ1) is 18.4. The van der Waals surface area contributed by atoms with Gasteiger partial charge in [0.2, 0.25) is 0 Å². The van der Waals surface area contributed by atoms with Gasteiger partial charge in [0.25, 0.3) is 11.8 Å². The molecule has 1 saturated heterocycles. The molecular weight excluding hydrogens is 355 g/mol. The third-order valence-corrected chi connectivity index (χ3v) is 4.80. The van der Waals surface area contributed by atoms with Gasteiger partial charge in [-0.05, 0) is 49.1 Å². The van der Waals surface area contributed by atoms with Gasteiger partial charge in [0, 0.05) is 25.2 Å². The Labute approximate surface area is 157 Å². The topological polar surface area (TPSA) is 49.4 Å². The summed E-state index contributed by atoms with van der Waals surface area (Å²) in [6, 6.07) is 11.2. The highest BCUT2D eigenvalue weighted by Crippen LogP contribution is 2.19. The van der Waals surface area contributed by atoms with Crippen LogP contribution in [0.1, 0.15) is 45.5 Å². The van der Waals surface area contributed by atoms with Crippen molar-refractivity contribution in [1.29, 1.82) is 0 Å². The highest BCUT2D eigenvalue weighted by atomic mass is 35.5. The standard InChI is InChI=1S/C20H20ClFN2O2/c21-16-5-4-6-17(22)18(16)19(25)23-13-14-7-9-15(10-8-14)20(26)24-11-2-1-3-12-24/h4-10H,1-3,11-13H2,(H,23,25). The largest absolute Gasteiger partial charge is 0.348 e. The van der Waals surface area contributed by atoms with Crippen molar-refractivity contribution in [2.75, 3.05) is 13.1 Å². The molecule has 2 aromatic rings. The molecule has 0 atom stereocenters. The fourth-order valence-corrected chi connectivity index (χ4v) is 3.28. The number of nitrogens with one attached hydrogen (secondary N) is 1. The molecule has 0 radical (unpaired) electrons. The fraction of sp³-hybridized carbons (Fsp3) is 0.300. The molecule has 3 rings (SSSR count). The van der Waals surface area contributed by atoms with E-state index in [9.17, 15) is 14.0 Å². The third-order valence-electron chi connectivity index (χ3n) is 4.49. The zero-order chi connectivity index (χ0) is 18.5. The predicted molar refractivity (Wildman–Crippen MR) is 98.8 cm³/mol. The molecule has 1 fully saturated rings. The van der Waals surface area contributed by atoms with E-state index >= 15 is 0 Å². The van der Waals surface area contributed by atoms with Crippen molar-refractivity contribution in [3.8, 4) is 0 Å². The van der Waals surface area contributed by atoms with Crippen LogP contribution in [-0.2, 0) is 6.54 Å². The summed E-state index contributed by atoms with van der Waals surface area (Å²) in [5.74, 6) is -1.18. The van der Waals surface area contributed by atoms with E-state index in [4.69, 9.17) is 11.6 Å². The second kappa shape index (κ2) is 8.32. The molecular formula is C20H20ClFN2O2. The Morgan fingerprint density at radius 1 is 1.04 bits per heavy atom. The molecule has 0 saturated carbocycles. The van der Waals surface area contributed by atoms with E-state index in [2.05, 4.69) is 5.32 Å². The maximum Gasteiger partial charge on any atom is 0.256 e. The molecule has 136 valence electrons. The first-order valence-electron chi connectivity index (χ1n) is 8.66. The van der Waals surface area contributed by atoms with E-state index in [-0.39, 0.29) is 23.0 Å². The molecule has 2 amide bonds. The molecule has 1 N–H and O–H groups in total. The van der Waals surface area contributed by atoms with E-state index in [1.165, 1.54) is 24.6 Å². The van der Waals surface area contributed by atoms with Crippen LogP contribution in [-0.4, -0.2) is 29.8 Å². The summed E-state index contributed by atoms with van der Waals surface area (Å²) in [5.41, 5.74) is 1.30. The van der Waals surface area contributed by atoms with Crippen LogP contribution in [0, 0.1) is 5.82 Å². The Hall–Kier alpha value is -2.40. The van der Waals surface area contributed by atoms with Gasteiger partial charge in [-0.15, -0.1) is 0 Å². The molecule has 1 heterocycles. The fourth-order valence-electron chi connectivity index (χ4n) is 3.03. The molecule has 0 aliphatic carbocycles. The molecule has 1 aliphatic heterocycles. The minimum absolute atomic E-state index is 0.0402. The SMILES string of the molecule is O=C(NCc1ccc(C(=O)N2CCCCC2)cc1)c1c(F)cccc1Cl. The third kappa shape index (κ3) is 4.22. The van der Waals surface area contributed by atoms with Crippen LogP contribution in [0.4, 0.5) is 4.39 Å². The first-order valence-corrected chi connectivity index (χ1v) is 9.04. The number of benzene rings is 2. The van der Waals surface area contributed by atoms with Crippen molar-refractivity contribution < 1.29 is 14.0 Å². The summed E-state index contributed by atoms with van der Waals surface area (Å²) in [7, 11) is 0. The lowest BCUT2D eigenvalue weighted by atomic mass is 10.1. The van der Waals surface area contributed by atoms with E-state index in [1.807, 2.05) is 4.90 Å². The van der Waals surface area contributed by atoms with Gasteiger partial charge in [-0.25, -0.2) is 4.39 Å². The summed E-state index contributed by atoms with van der Waals surface area (Å²) >= 11 is 5.89. The van der Waals surface area contributed by atoms with Crippen molar-refractivity contribution in [2.24, 2.45) is 0 Å². The number of rotatable bonds is 4. The van der Waals surface area contributed by atoms with E-state index in [0.29, 0.717) is 5.56 Å². The Kier molecular flexibility index (Phi) is 5.89. The van der Waals surface area contributed by atoms with Crippen molar-refractivity contribution in [2.45, 2.75) is 25.8 Å². The first-order chi connectivity index (χ1) is 12.6. The molecule has 1 aliphatic rings. The van der Waals surface area contributed by atoms with Gasteiger partial charge >= 0.3 is 0 Å². The summed E-state index contributed by atoms with van der Waals surface area (Å²) in [4.78, 5) is 26.5. The number of hydrogen-bond donors (Lipinski definition) is 1. The predicted octanol–water partition coefficient (Wildman–Crippen LogP) is 4.04. The van der Waals surface area contributed by atoms with Crippen molar-refractivity contribution >= 4 is 23.4 Å². The molecule has 26 heavy (non-hydrogen) atoms. The summed E-state index contributed by atoms with van der Waals surface area (Å²) in [6.07, 6.45) is 3.28. The summed E-state index contributed by atoms with van der Waals surface area (Å²) in [5, 5.41) is 2.72. The zero-order valence-corrected chi connectivity index (χ0v) is 15.1. The Bertz CT molecular complexity index is 782. The van der Waals surface area contributed by atoms with E-state index in [1.54, 1.807) is 24.3 Å². The average molecular weight is 375 g/mol. The van der Waals surface area contributed by atoms with Gasteiger partial charge in [-0.3, -0.25) is 9.59 Å². The number of piperidine rings is 1. The van der Waals surface area contributed by atoms with Gasteiger partial charge in [0.1, 0.15) is 5.82 Å². The lowest BCUT2D eigenvalue weighted by molar-refractivity contribution is 0.0724. The molecule has 0 bridgehead atoms. The number of halogens is 2. The number of carbonyl (C=O) groups is 2. The highest BCUT2D eigenvalue weighted by molar-refractivity contribution is 6.33. The second-order valence-corrected chi connectivity index (χ2v) is 6.74. The Balaban J connectivity index is 1.61. The second-order valence-electron chi connectivity index (χ2n) is 6.33. The normalized spacial score (nSPS) is 14.2. The van der Waals surface area contributed by atoms with E-state index in [0.717, 1.165) is 31.5 Å². The van der Waals surface area contributed by atoms with Crippen LogP contribution in [0.25, 0.3) is 0 Å². The number of likely N-dealkylation sites (tertiary alicyclic amines) is 1. The summed E-state index contributed by atoms with van der Waals surface area (Å²) < 4.78 is 13.8. The average Bonchev–Trinajstić information content (AvgIpc) is 2.67. The van der Waals surface area contributed by atoms with Crippen LogP contribution in [0.3, 0.4) is 0 Å². The number of nitrogens with zero attached hydrogens (tertiary/aromatic N) is 1. The zero-order valence-electron chi connectivity index (χ0n) is 14.3. The quantitative estimate of drug-likeness (QED) is 0.878. The smallest absolute Gasteiger partial charge is 0.256 e. The van der Waals surface area contributed by atoms with Crippen LogP contribution >= 0.6 is 11.6 Å². The van der Waals surface area contributed by atoms with Crippen molar-refractivity contribution in [3.63, 3.8) is 0 Å². The van der Waals surface area contributed by atoms with Gasteiger partial charge in [-0.2, -0.15) is 0 Å². The van der Waals surface area contributed by atoms with Crippen LogP contribution in [0.2, 0.25) is 5.02 Å².